The van der Waals surface area contributed by atoms with Crippen LogP contribution in [0.1, 0.15) is 22.8 Å². The van der Waals surface area contributed by atoms with Gasteiger partial charge in [-0.05, 0) is 48.4 Å². The molecule has 0 saturated heterocycles. The molecule has 2 aliphatic rings. The molecule has 0 bridgehead atoms. The minimum Gasteiger partial charge on any atom is -0.497 e. The molecule has 1 atom stereocenters. The zero-order valence-corrected chi connectivity index (χ0v) is 18.5. The van der Waals surface area contributed by atoms with Gasteiger partial charge in [0.05, 0.1) is 19.9 Å². The molecule has 6 heteroatoms. The van der Waals surface area contributed by atoms with Crippen molar-refractivity contribution in [2.75, 3.05) is 32.5 Å². The molecule has 3 aromatic carbocycles. The Bertz CT molecular complexity index is 1090. The minimum atomic E-state index is 0.294. The molecule has 0 aliphatic carbocycles. The van der Waals surface area contributed by atoms with Gasteiger partial charge in [0.15, 0.2) is 11.5 Å². The highest BCUT2D eigenvalue weighted by Gasteiger charge is 2.26. The molecule has 0 saturated carbocycles. The summed E-state index contributed by atoms with van der Waals surface area (Å²) in [5.41, 5.74) is 3.65. The Hall–Kier alpha value is -2.99. The standard InChI is InChI=1S/C25H25NO4S/c1-27-18-8-9-20-25(14-18)31-24(19-5-3-4-6-21(19)28-2)11-12-26(20)15-17-7-10-22-23(13-17)30-16-29-22/h3-10,13-14,24H,11-12,15-16H2,1-2H3/t24-/m1/s1. The van der Waals surface area contributed by atoms with Gasteiger partial charge < -0.3 is 23.8 Å². The number of anilines is 1. The molecular formula is C25H25NO4S. The first-order valence-electron chi connectivity index (χ1n) is 10.4. The smallest absolute Gasteiger partial charge is 0.231 e. The Morgan fingerprint density at radius 3 is 2.71 bits per heavy atom. The molecule has 0 amide bonds. The highest BCUT2D eigenvalue weighted by atomic mass is 32.2. The van der Waals surface area contributed by atoms with Crippen molar-refractivity contribution in [2.45, 2.75) is 23.1 Å². The van der Waals surface area contributed by atoms with Gasteiger partial charge in [-0.3, -0.25) is 0 Å². The second-order valence-electron chi connectivity index (χ2n) is 7.58. The van der Waals surface area contributed by atoms with Gasteiger partial charge in [-0.25, -0.2) is 0 Å². The highest BCUT2D eigenvalue weighted by Crippen LogP contribution is 2.48. The van der Waals surface area contributed by atoms with E-state index < -0.39 is 0 Å². The number of hydrogen-bond acceptors (Lipinski definition) is 6. The molecule has 31 heavy (non-hydrogen) atoms. The van der Waals surface area contributed by atoms with Crippen molar-refractivity contribution in [1.29, 1.82) is 0 Å². The van der Waals surface area contributed by atoms with Crippen LogP contribution >= 0.6 is 11.8 Å². The summed E-state index contributed by atoms with van der Waals surface area (Å²) in [6.45, 7) is 2.03. The van der Waals surface area contributed by atoms with Crippen LogP contribution in [-0.4, -0.2) is 27.6 Å². The molecule has 0 fully saturated rings. The van der Waals surface area contributed by atoms with Gasteiger partial charge in [0.1, 0.15) is 11.5 Å². The fraction of sp³-hybridized carbons (Fsp3) is 0.280. The molecule has 0 N–H and O–H groups in total. The number of benzene rings is 3. The lowest BCUT2D eigenvalue weighted by Gasteiger charge is -2.25. The monoisotopic (exact) mass is 435 g/mol. The van der Waals surface area contributed by atoms with E-state index in [0.29, 0.717) is 12.0 Å². The number of fused-ring (bicyclic) bond motifs is 2. The summed E-state index contributed by atoms with van der Waals surface area (Å²) in [5, 5.41) is 0.295. The van der Waals surface area contributed by atoms with Gasteiger partial charge in [0, 0.05) is 28.8 Å². The Balaban J connectivity index is 1.48. The van der Waals surface area contributed by atoms with Gasteiger partial charge in [0.2, 0.25) is 6.79 Å². The van der Waals surface area contributed by atoms with Crippen molar-refractivity contribution < 1.29 is 18.9 Å². The van der Waals surface area contributed by atoms with Crippen LogP contribution in [0.15, 0.2) is 65.6 Å². The Morgan fingerprint density at radius 2 is 1.84 bits per heavy atom. The summed E-state index contributed by atoms with van der Waals surface area (Å²) in [7, 11) is 3.45. The van der Waals surface area contributed by atoms with E-state index in [2.05, 4.69) is 41.3 Å². The summed E-state index contributed by atoms with van der Waals surface area (Å²) < 4.78 is 22.2. The largest absolute Gasteiger partial charge is 0.497 e. The summed E-state index contributed by atoms with van der Waals surface area (Å²) >= 11 is 1.88. The molecular weight excluding hydrogens is 410 g/mol. The van der Waals surface area contributed by atoms with Crippen LogP contribution in [0.25, 0.3) is 0 Å². The maximum absolute atomic E-state index is 5.66. The number of nitrogens with zero attached hydrogens (tertiary/aromatic N) is 1. The van der Waals surface area contributed by atoms with Crippen LogP contribution < -0.4 is 23.8 Å². The van der Waals surface area contributed by atoms with Crippen LogP contribution in [0, 0.1) is 0 Å². The predicted molar refractivity (Wildman–Crippen MR) is 123 cm³/mol. The van der Waals surface area contributed by atoms with E-state index in [-0.39, 0.29) is 0 Å². The molecule has 2 aliphatic heterocycles. The molecule has 3 aromatic rings. The van der Waals surface area contributed by atoms with Crippen LogP contribution in [-0.2, 0) is 6.54 Å². The van der Waals surface area contributed by atoms with Crippen molar-refractivity contribution in [3.05, 3.63) is 71.8 Å². The quantitative estimate of drug-likeness (QED) is 0.514. The highest BCUT2D eigenvalue weighted by molar-refractivity contribution is 7.99. The zero-order valence-electron chi connectivity index (χ0n) is 17.7. The van der Waals surface area contributed by atoms with Gasteiger partial charge in [-0.15, -0.1) is 11.8 Å². The lowest BCUT2D eigenvalue weighted by Crippen LogP contribution is -2.24. The normalized spacial score (nSPS) is 17.1. The summed E-state index contributed by atoms with van der Waals surface area (Å²) in [6.07, 6.45) is 1.01. The molecule has 0 aromatic heterocycles. The van der Waals surface area contributed by atoms with E-state index in [1.165, 1.54) is 21.7 Å². The van der Waals surface area contributed by atoms with Crippen LogP contribution in [0.4, 0.5) is 5.69 Å². The minimum absolute atomic E-state index is 0.294. The first-order valence-corrected chi connectivity index (χ1v) is 11.2. The predicted octanol–water partition coefficient (Wildman–Crippen LogP) is 5.68. The molecule has 0 spiro atoms. The zero-order chi connectivity index (χ0) is 21.2. The molecule has 5 nitrogen and oxygen atoms in total. The lowest BCUT2D eigenvalue weighted by molar-refractivity contribution is 0.174. The number of thioether (sulfide) groups is 1. The van der Waals surface area contributed by atoms with Crippen molar-refractivity contribution >= 4 is 17.4 Å². The van der Waals surface area contributed by atoms with Crippen molar-refractivity contribution in [3.63, 3.8) is 0 Å². The number of ether oxygens (including phenoxy) is 4. The third kappa shape index (κ3) is 4.00. The summed E-state index contributed by atoms with van der Waals surface area (Å²) in [4.78, 5) is 3.66. The fourth-order valence-corrected chi connectivity index (χ4v) is 5.51. The number of methoxy groups -OCH3 is 2. The maximum Gasteiger partial charge on any atom is 0.231 e. The average Bonchev–Trinajstić information content (AvgIpc) is 3.21. The Kier molecular flexibility index (Phi) is 5.55. The maximum atomic E-state index is 5.66. The lowest BCUT2D eigenvalue weighted by atomic mass is 10.1. The number of para-hydroxylation sites is 1. The molecule has 5 rings (SSSR count). The molecule has 0 unspecified atom stereocenters. The van der Waals surface area contributed by atoms with Gasteiger partial charge in [0.25, 0.3) is 0 Å². The Labute approximate surface area is 186 Å². The van der Waals surface area contributed by atoms with Gasteiger partial charge >= 0.3 is 0 Å². The SMILES string of the molecule is COc1ccc2c(c1)S[C@@H](c1ccccc1OC)CCN2Cc1ccc2c(c1)OCO2. The first-order chi connectivity index (χ1) is 15.2. The van der Waals surface area contributed by atoms with Crippen LogP contribution in [0.2, 0.25) is 0 Å². The van der Waals surface area contributed by atoms with Crippen LogP contribution in [0.5, 0.6) is 23.0 Å². The average molecular weight is 436 g/mol. The van der Waals surface area contributed by atoms with Crippen molar-refractivity contribution in [1.82, 2.24) is 0 Å². The van der Waals surface area contributed by atoms with Gasteiger partial charge in [-0.2, -0.15) is 0 Å². The third-order valence-corrected chi connectivity index (χ3v) is 7.09. The van der Waals surface area contributed by atoms with E-state index in [9.17, 15) is 0 Å². The van der Waals surface area contributed by atoms with Crippen molar-refractivity contribution in [2.24, 2.45) is 0 Å². The van der Waals surface area contributed by atoms with E-state index in [4.69, 9.17) is 18.9 Å². The number of hydrogen-bond donors (Lipinski definition) is 0. The molecule has 2 heterocycles. The van der Waals surface area contributed by atoms with E-state index in [0.717, 1.165) is 42.5 Å². The second-order valence-corrected chi connectivity index (χ2v) is 8.82. The molecule has 0 radical (unpaired) electrons. The van der Waals surface area contributed by atoms with Crippen LogP contribution in [0.3, 0.4) is 0 Å². The van der Waals surface area contributed by atoms with E-state index >= 15 is 0 Å². The van der Waals surface area contributed by atoms with Crippen molar-refractivity contribution in [3.8, 4) is 23.0 Å². The summed E-state index contributed by atoms with van der Waals surface area (Å²) in [6, 6.07) is 20.9. The van der Waals surface area contributed by atoms with E-state index in [1.54, 1.807) is 14.2 Å². The first kappa shape index (κ1) is 19.9. The topological polar surface area (TPSA) is 40.2 Å². The Morgan fingerprint density at radius 1 is 0.968 bits per heavy atom. The third-order valence-electron chi connectivity index (χ3n) is 5.73. The van der Waals surface area contributed by atoms with E-state index in [1.807, 2.05) is 36.0 Å². The summed E-state index contributed by atoms with van der Waals surface area (Å²) in [5.74, 6) is 3.45. The number of rotatable bonds is 5. The molecule has 160 valence electrons. The second kappa shape index (κ2) is 8.63. The van der Waals surface area contributed by atoms with Gasteiger partial charge in [-0.1, -0.05) is 24.3 Å². The fourth-order valence-electron chi connectivity index (χ4n) is 4.16.